The summed E-state index contributed by atoms with van der Waals surface area (Å²) in [4.78, 5) is 14.5. The molecule has 0 saturated heterocycles. The lowest BCUT2D eigenvalue weighted by molar-refractivity contribution is -0.132. The number of aryl methyl sites for hydroxylation is 1. The number of aromatic nitrogens is 5. The molecular weight excluding hydrogens is 316 g/mol. The molecule has 4 rings (SSSR count). The molecular formula is C18H20N6O. The van der Waals surface area contributed by atoms with Crippen molar-refractivity contribution < 1.29 is 4.79 Å². The Bertz CT molecular complexity index is 882. The van der Waals surface area contributed by atoms with Crippen molar-refractivity contribution in [2.45, 2.75) is 32.9 Å². The van der Waals surface area contributed by atoms with Gasteiger partial charge in [0.2, 0.25) is 5.91 Å². The first-order valence-corrected chi connectivity index (χ1v) is 8.52. The fourth-order valence-electron chi connectivity index (χ4n) is 3.15. The molecule has 3 heterocycles. The maximum absolute atomic E-state index is 12.6. The molecule has 0 saturated carbocycles. The summed E-state index contributed by atoms with van der Waals surface area (Å²) in [5, 5.41) is 12.8. The topological polar surface area (TPSA) is 68.8 Å². The first-order valence-electron chi connectivity index (χ1n) is 8.52. The molecule has 0 radical (unpaired) electrons. The van der Waals surface area contributed by atoms with Crippen molar-refractivity contribution in [3.8, 4) is 5.69 Å². The van der Waals surface area contributed by atoms with Gasteiger partial charge in [-0.05, 0) is 17.7 Å². The molecule has 1 amide bonds. The molecule has 0 aliphatic carbocycles. The fraction of sp³-hybridized carbons (Fsp3) is 0.333. The first-order chi connectivity index (χ1) is 12.2. The van der Waals surface area contributed by atoms with Crippen molar-refractivity contribution in [3.05, 3.63) is 59.9 Å². The van der Waals surface area contributed by atoms with Crippen molar-refractivity contribution >= 4 is 5.91 Å². The van der Waals surface area contributed by atoms with Crippen LogP contribution in [0.3, 0.4) is 0 Å². The summed E-state index contributed by atoms with van der Waals surface area (Å²) in [6.07, 6.45) is 4.88. The van der Waals surface area contributed by atoms with Gasteiger partial charge in [0.1, 0.15) is 5.82 Å². The van der Waals surface area contributed by atoms with Gasteiger partial charge in [0.25, 0.3) is 0 Å². The maximum Gasteiger partial charge on any atom is 0.227 e. The third kappa shape index (κ3) is 3.05. The van der Waals surface area contributed by atoms with Gasteiger partial charge in [-0.2, -0.15) is 5.10 Å². The molecule has 0 unspecified atom stereocenters. The van der Waals surface area contributed by atoms with Crippen LogP contribution in [0.4, 0.5) is 0 Å². The molecule has 7 heteroatoms. The van der Waals surface area contributed by atoms with Crippen molar-refractivity contribution in [2.24, 2.45) is 0 Å². The number of hydrogen-bond donors (Lipinski definition) is 0. The van der Waals surface area contributed by atoms with E-state index in [-0.39, 0.29) is 5.91 Å². The predicted octanol–water partition coefficient (Wildman–Crippen LogP) is 1.61. The van der Waals surface area contributed by atoms with E-state index in [0.29, 0.717) is 19.5 Å². The standard InChI is InChI=1S/C18H20N6O/c1-2-16-20-21-17-13-22(8-9-23(16)17)18(25)10-14-11-19-24(12-14)15-6-4-3-5-7-15/h3-7,11-12H,2,8-10,13H2,1H3. The van der Waals surface area contributed by atoms with Gasteiger partial charge in [-0.3, -0.25) is 4.79 Å². The van der Waals surface area contributed by atoms with E-state index in [2.05, 4.69) is 26.8 Å². The number of hydrogen-bond acceptors (Lipinski definition) is 4. The normalized spacial score (nSPS) is 13.7. The summed E-state index contributed by atoms with van der Waals surface area (Å²) in [6, 6.07) is 9.88. The zero-order valence-electron chi connectivity index (χ0n) is 14.2. The summed E-state index contributed by atoms with van der Waals surface area (Å²) >= 11 is 0. The van der Waals surface area contributed by atoms with E-state index in [9.17, 15) is 4.79 Å². The minimum absolute atomic E-state index is 0.0971. The monoisotopic (exact) mass is 336 g/mol. The Labute approximate surface area is 145 Å². The van der Waals surface area contributed by atoms with Crippen LogP contribution in [-0.2, 0) is 30.7 Å². The maximum atomic E-state index is 12.6. The summed E-state index contributed by atoms with van der Waals surface area (Å²) < 4.78 is 3.92. The largest absolute Gasteiger partial charge is 0.333 e. The molecule has 1 aromatic carbocycles. The van der Waals surface area contributed by atoms with Gasteiger partial charge in [0.15, 0.2) is 5.82 Å². The Hall–Kier alpha value is -2.96. The van der Waals surface area contributed by atoms with E-state index in [1.54, 1.807) is 10.9 Å². The molecule has 7 nitrogen and oxygen atoms in total. The summed E-state index contributed by atoms with van der Waals surface area (Å²) in [5.41, 5.74) is 1.90. The third-order valence-electron chi connectivity index (χ3n) is 4.51. The van der Waals surface area contributed by atoms with Crippen LogP contribution in [0.5, 0.6) is 0 Å². The highest BCUT2D eigenvalue weighted by molar-refractivity contribution is 5.78. The Morgan fingerprint density at radius 2 is 2.00 bits per heavy atom. The van der Waals surface area contributed by atoms with Gasteiger partial charge in [0.05, 0.1) is 24.8 Å². The van der Waals surface area contributed by atoms with Gasteiger partial charge < -0.3 is 9.47 Å². The summed E-state index contributed by atoms with van der Waals surface area (Å²) in [5.74, 6) is 1.96. The van der Waals surface area contributed by atoms with Gasteiger partial charge in [-0.15, -0.1) is 10.2 Å². The highest BCUT2D eigenvalue weighted by Crippen LogP contribution is 2.15. The predicted molar refractivity (Wildman–Crippen MR) is 92.1 cm³/mol. The zero-order chi connectivity index (χ0) is 17.2. The van der Waals surface area contributed by atoms with E-state index in [0.717, 1.165) is 35.9 Å². The van der Waals surface area contributed by atoms with Gasteiger partial charge in [-0.1, -0.05) is 25.1 Å². The minimum atomic E-state index is 0.0971. The van der Waals surface area contributed by atoms with Crippen LogP contribution >= 0.6 is 0 Å². The van der Waals surface area contributed by atoms with Crippen molar-refractivity contribution in [2.75, 3.05) is 6.54 Å². The van der Waals surface area contributed by atoms with Gasteiger partial charge in [0, 0.05) is 25.7 Å². The van der Waals surface area contributed by atoms with Crippen molar-refractivity contribution in [1.82, 2.24) is 29.4 Å². The van der Waals surface area contributed by atoms with Gasteiger partial charge in [-0.25, -0.2) is 4.68 Å². The molecule has 0 spiro atoms. The van der Waals surface area contributed by atoms with Crippen LogP contribution in [0.1, 0.15) is 24.1 Å². The van der Waals surface area contributed by atoms with Crippen LogP contribution in [0.25, 0.3) is 5.69 Å². The average Bonchev–Trinajstić information content (AvgIpc) is 3.28. The van der Waals surface area contributed by atoms with E-state index in [1.165, 1.54) is 0 Å². The molecule has 0 N–H and O–H groups in total. The third-order valence-corrected chi connectivity index (χ3v) is 4.51. The lowest BCUT2D eigenvalue weighted by Gasteiger charge is -2.27. The quantitative estimate of drug-likeness (QED) is 0.726. The number of nitrogens with zero attached hydrogens (tertiary/aromatic N) is 6. The molecule has 3 aromatic rings. The lowest BCUT2D eigenvalue weighted by Crippen LogP contribution is -2.39. The lowest BCUT2D eigenvalue weighted by atomic mass is 10.2. The molecule has 1 aliphatic heterocycles. The van der Waals surface area contributed by atoms with Gasteiger partial charge >= 0.3 is 0 Å². The van der Waals surface area contributed by atoms with Crippen molar-refractivity contribution in [1.29, 1.82) is 0 Å². The second kappa shape index (κ2) is 6.51. The van der Waals surface area contributed by atoms with Crippen LogP contribution < -0.4 is 0 Å². The fourth-order valence-corrected chi connectivity index (χ4v) is 3.15. The molecule has 0 bridgehead atoms. The smallest absolute Gasteiger partial charge is 0.227 e. The number of rotatable bonds is 4. The van der Waals surface area contributed by atoms with E-state index in [4.69, 9.17) is 0 Å². The number of fused-ring (bicyclic) bond motifs is 1. The zero-order valence-corrected chi connectivity index (χ0v) is 14.2. The molecule has 25 heavy (non-hydrogen) atoms. The molecule has 0 fully saturated rings. The van der Waals surface area contributed by atoms with Crippen LogP contribution in [0, 0.1) is 0 Å². The van der Waals surface area contributed by atoms with E-state index in [1.807, 2.05) is 41.4 Å². The average molecular weight is 336 g/mol. The highest BCUT2D eigenvalue weighted by Gasteiger charge is 2.24. The minimum Gasteiger partial charge on any atom is -0.333 e. The second-order valence-corrected chi connectivity index (χ2v) is 6.16. The molecule has 1 aliphatic rings. The number of benzene rings is 1. The Balaban J connectivity index is 1.44. The molecule has 2 aromatic heterocycles. The van der Waals surface area contributed by atoms with Crippen LogP contribution in [0.15, 0.2) is 42.7 Å². The first kappa shape index (κ1) is 15.6. The number of carbonyl (C=O) groups is 1. The summed E-state index contributed by atoms with van der Waals surface area (Å²) in [7, 11) is 0. The summed E-state index contributed by atoms with van der Waals surface area (Å²) in [6.45, 7) is 4.06. The number of para-hydroxylation sites is 1. The van der Waals surface area contributed by atoms with E-state index >= 15 is 0 Å². The molecule has 128 valence electrons. The molecule has 0 atom stereocenters. The Kier molecular flexibility index (Phi) is 4.05. The Morgan fingerprint density at radius 1 is 1.16 bits per heavy atom. The number of amides is 1. The van der Waals surface area contributed by atoms with Crippen LogP contribution in [0.2, 0.25) is 0 Å². The second-order valence-electron chi connectivity index (χ2n) is 6.16. The van der Waals surface area contributed by atoms with E-state index < -0.39 is 0 Å². The number of carbonyl (C=O) groups excluding carboxylic acids is 1. The SMILES string of the molecule is CCc1nnc2n1CCN(C(=O)Cc1cnn(-c3ccccc3)c1)C2. The Morgan fingerprint density at radius 3 is 2.80 bits per heavy atom. The highest BCUT2D eigenvalue weighted by atomic mass is 16.2. The van der Waals surface area contributed by atoms with Crippen molar-refractivity contribution in [3.63, 3.8) is 0 Å². The van der Waals surface area contributed by atoms with Crippen LogP contribution in [-0.4, -0.2) is 41.9 Å².